The van der Waals surface area contributed by atoms with Gasteiger partial charge in [0.1, 0.15) is 23.0 Å². The fraction of sp³-hybridized carbons (Fsp3) is 0. The summed E-state index contributed by atoms with van der Waals surface area (Å²) in [5, 5.41) is 11.7. The van der Waals surface area contributed by atoms with Gasteiger partial charge in [-0.15, -0.1) is 17.1 Å². The van der Waals surface area contributed by atoms with Gasteiger partial charge in [-0.05, 0) is 78.9 Å². The van der Waals surface area contributed by atoms with Crippen molar-refractivity contribution in [1.29, 1.82) is 0 Å². The highest BCUT2D eigenvalue weighted by Crippen LogP contribution is 2.69. The van der Waals surface area contributed by atoms with Gasteiger partial charge in [0, 0.05) is 96.8 Å². The van der Waals surface area contributed by atoms with Gasteiger partial charge in [-0.3, -0.25) is 0 Å². The van der Waals surface area contributed by atoms with Crippen molar-refractivity contribution in [2.45, 2.75) is 0 Å². The molecule has 0 spiro atoms. The van der Waals surface area contributed by atoms with E-state index in [9.17, 15) is 0 Å². The Balaban J connectivity index is 0.998. The molecule has 358 valence electrons. The van der Waals surface area contributed by atoms with Gasteiger partial charge in [0.15, 0.2) is 0 Å². The molecule has 2 atom stereocenters. The van der Waals surface area contributed by atoms with Crippen molar-refractivity contribution in [2.24, 2.45) is 0 Å². The van der Waals surface area contributed by atoms with Crippen molar-refractivity contribution in [2.75, 3.05) is 9.80 Å². The Kier molecular flexibility index (Phi) is 8.84. The molecule has 76 heavy (non-hydrogen) atoms. The number of nitrogens with zero attached hydrogens (tertiary/aromatic N) is 4. The zero-order chi connectivity index (χ0) is 50.0. The Hall–Kier alpha value is -8.32. The van der Waals surface area contributed by atoms with Gasteiger partial charge in [-0.25, -0.2) is 0 Å². The zero-order valence-electron chi connectivity index (χ0n) is 40.6. The molecule has 17 rings (SSSR count). The average molecular weight is 1050 g/mol. The number of anilines is 6. The second-order valence-corrected chi connectivity index (χ2v) is 29.5. The first-order chi connectivity index (χ1) is 37.5. The Morgan fingerprint density at radius 1 is 0.303 bits per heavy atom. The monoisotopic (exact) mass is 1050 g/mol. The Morgan fingerprint density at radius 3 is 1.08 bits per heavy atom. The van der Waals surface area contributed by atoms with Crippen LogP contribution in [0.25, 0.3) is 55.0 Å². The quantitative estimate of drug-likeness (QED) is 0.165. The van der Waals surface area contributed by atoms with Crippen LogP contribution in [0.4, 0.5) is 34.1 Å². The smallest absolute Gasteiger partial charge is 0.140 e. The summed E-state index contributed by atoms with van der Waals surface area (Å²) in [7, 11) is 9.85. The number of hydrogen-bond acceptors (Lipinski definition) is 4. The van der Waals surface area contributed by atoms with Crippen LogP contribution in [0, 0.1) is 0 Å². The molecule has 13 aromatic rings. The van der Waals surface area contributed by atoms with Gasteiger partial charge in [-0.1, -0.05) is 146 Å². The summed E-state index contributed by atoms with van der Waals surface area (Å²) >= 11 is 0. The van der Waals surface area contributed by atoms with E-state index in [1.165, 1.54) is 32.2 Å². The number of fused-ring (bicyclic) bond motifs is 16. The molecule has 4 aliphatic heterocycles. The summed E-state index contributed by atoms with van der Waals surface area (Å²) in [6.45, 7) is -5.50. The minimum Gasteiger partial charge on any atom is -0.456 e. The molecule has 11 aromatic carbocycles. The number of ether oxygens (including phenoxy) is 2. The van der Waals surface area contributed by atoms with Crippen LogP contribution in [0.15, 0.2) is 243 Å². The Labute approximate surface area is 442 Å². The third kappa shape index (κ3) is 5.49. The predicted molar refractivity (Wildman–Crippen MR) is 326 cm³/mol. The molecule has 0 N–H and O–H groups in total. The van der Waals surface area contributed by atoms with Gasteiger partial charge in [-0.2, -0.15) is 0 Å². The van der Waals surface area contributed by atoms with Gasteiger partial charge >= 0.3 is 0 Å². The lowest BCUT2D eigenvalue weighted by Gasteiger charge is -2.46. The SMILES string of the molecule is P=P12c3cc4c(cc3Oc3cc5c(c(c31)N(c1ccccc1)c1ccccc12)c1ccccc1n5-c1ccccc1)Oc1cc2c(c3c1P4(=P)c1ccccc1N3c1ccccc1)c1ccccc1n2-c1ccccc1. The predicted octanol–water partition coefficient (Wildman–Crippen LogP) is 16.4. The maximum Gasteiger partial charge on any atom is 0.140 e. The highest BCUT2D eigenvalue weighted by atomic mass is 31.8. The van der Waals surface area contributed by atoms with E-state index in [-0.39, 0.29) is 0 Å². The second kappa shape index (κ2) is 15.6. The molecule has 6 nitrogen and oxygen atoms in total. The first kappa shape index (κ1) is 43.0. The Bertz CT molecular complexity index is 4490. The summed E-state index contributed by atoms with van der Waals surface area (Å²) in [5.41, 5.74) is 13.3. The van der Waals surface area contributed by atoms with Crippen LogP contribution in [0.3, 0.4) is 0 Å². The normalized spacial score (nSPS) is 17.3. The van der Waals surface area contributed by atoms with Gasteiger partial charge < -0.3 is 28.4 Å². The molecule has 4 aliphatic rings. The van der Waals surface area contributed by atoms with Gasteiger partial charge in [0.05, 0.1) is 55.4 Å². The van der Waals surface area contributed by atoms with Crippen molar-refractivity contribution in [3.05, 3.63) is 243 Å². The van der Waals surface area contributed by atoms with Crippen molar-refractivity contribution >= 4 is 140 Å². The first-order valence-electron chi connectivity index (χ1n) is 25.6. The zero-order valence-corrected chi connectivity index (χ0v) is 44.4. The minimum atomic E-state index is -2.75. The van der Waals surface area contributed by atoms with E-state index < -0.39 is 13.1 Å². The van der Waals surface area contributed by atoms with E-state index >= 15 is 0 Å². The van der Waals surface area contributed by atoms with Gasteiger partial charge in [0.25, 0.3) is 0 Å². The van der Waals surface area contributed by atoms with Crippen LogP contribution < -0.4 is 51.1 Å². The van der Waals surface area contributed by atoms with E-state index in [1.54, 1.807) is 0 Å². The lowest BCUT2D eigenvalue weighted by Crippen LogP contribution is -2.42. The van der Waals surface area contributed by atoms with Crippen molar-refractivity contribution in [3.63, 3.8) is 0 Å². The number of para-hydroxylation sites is 8. The summed E-state index contributed by atoms with van der Waals surface area (Å²) < 4.78 is 19.9. The molecular weight excluding hydrogens is 1000 g/mol. The van der Waals surface area contributed by atoms with E-state index in [0.717, 1.165) is 112 Å². The van der Waals surface area contributed by atoms with E-state index in [4.69, 9.17) is 26.5 Å². The standard InChI is InChI=1S/C66H42N4O2P4/c73-75-57-35-19-17-33-49(57)69(43-25-9-3-10-26-43)63-61-45-29-13-15-31-47(45)67(41-21-5-1-6-22-41)51(61)37-55(65(63)75)71-53-39-54-60(40-59(53)75)76(74)58-36-20-18-34-50(58)70(44-27-11-4-12-28-44)64-62-46-30-14-16-32-48(46)68(42-23-7-2-8-24-42)52(62)38-56(72-54)66(64)76/h1-40,73-74H. The van der Waals surface area contributed by atoms with Crippen LogP contribution in [-0.4, -0.2) is 9.13 Å². The lowest BCUT2D eigenvalue weighted by atomic mass is 10.1. The van der Waals surface area contributed by atoms with Crippen molar-refractivity contribution in [1.82, 2.24) is 9.13 Å². The molecule has 0 saturated heterocycles. The van der Waals surface area contributed by atoms with Crippen LogP contribution >= 0.6 is 30.2 Å². The lowest BCUT2D eigenvalue weighted by molar-refractivity contribution is 0.467. The van der Waals surface area contributed by atoms with Crippen molar-refractivity contribution in [3.8, 4) is 34.4 Å². The summed E-state index contributed by atoms with van der Waals surface area (Å²) in [4.78, 5) is 4.97. The van der Waals surface area contributed by atoms with E-state index in [2.05, 4.69) is 262 Å². The molecule has 6 heterocycles. The molecule has 0 fully saturated rings. The van der Waals surface area contributed by atoms with Crippen LogP contribution in [0.5, 0.6) is 23.0 Å². The second-order valence-electron chi connectivity index (χ2n) is 20.0. The third-order valence-electron chi connectivity index (χ3n) is 16.1. The summed E-state index contributed by atoms with van der Waals surface area (Å²) in [6.07, 6.45) is 0. The molecule has 0 radical (unpaired) electrons. The number of hydrogen-bond donors (Lipinski definition) is 0. The highest BCUT2D eigenvalue weighted by molar-refractivity contribution is 8.15. The molecule has 2 aromatic heterocycles. The number of aromatic nitrogens is 2. The van der Waals surface area contributed by atoms with Crippen molar-refractivity contribution < 1.29 is 9.47 Å². The molecule has 0 aliphatic carbocycles. The van der Waals surface area contributed by atoms with E-state index in [1.807, 2.05) is 0 Å². The highest BCUT2D eigenvalue weighted by Gasteiger charge is 2.49. The molecule has 0 saturated carbocycles. The Morgan fingerprint density at radius 2 is 0.658 bits per heavy atom. The minimum absolute atomic E-state index is 0.780. The van der Waals surface area contributed by atoms with Crippen LogP contribution in [0.1, 0.15) is 0 Å². The first-order valence-corrected chi connectivity index (χ1v) is 31.8. The molecular formula is C66H42N4O2P4. The molecule has 10 heteroatoms. The largest absolute Gasteiger partial charge is 0.456 e. The maximum atomic E-state index is 7.57. The summed E-state index contributed by atoms with van der Waals surface area (Å²) in [5.74, 6) is 3.21. The molecule has 2 unspecified atom stereocenters. The van der Waals surface area contributed by atoms with Crippen LogP contribution in [-0.2, 0) is 0 Å². The fourth-order valence-electron chi connectivity index (χ4n) is 13.1. The van der Waals surface area contributed by atoms with Gasteiger partial charge in [0.2, 0.25) is 0 Å². The summed E-state index contributed by atoms with van der Waals surface area (Å²) in [6, 6.07) is 88.0. The molecule has 0 amide bonds. The average Bonchev–Trinajstić information content (AvgIpc) is 4.16. The maximum absolute atomic E-state index is 7.57. The fourth-order valence-corrected chi connectivity index (χ4v) is 23.3. The topological polar surface area (TPSA) is 34.8 Å². The number of benzene rings is 11. The van der Waals surface area contributed by atoms with Crippen LogP contribution in [0.2, 0.25) is 0 Å². The number of rotatable bonds is 4. The van der Waals surface area contributed by atoms with E-state index in [0.29, 0.717) is 0 Å². The molecule has 0 bridgehead atoms. The third-order valence-corrected chi connectivity index (χ3v) is 26.9.